The number of ketones is 1. The molecule has 1 saturated carbocycles. The van der Waals surface area contributed by atoms with Gasteiger partial charge in [0.2, 0.25) is 5.91 Å². The molecule has 1 amide bonds. The molecule has 0 bridgehead atoms. The van der Waals surface area contributed by atoms with Crippen molar-refractivity contribution < 1.29 is 9.59 Å². The maximum Gasteiger partial charge on any atom is 0.249 e. The molecule has 2 aliphatic carbocycles. The standard InChI is InChI=1S/C22H24N2O2/c1-12-4-8-17(21(23)26)18(13-5-6-13)19(12)24-15-7-9-16-14(10-15)11-22(2,3)20(16)25/h4,7-10,13,24H,5-6,11H2,1-3H3,(H2,23,26). The summed E-state index contributed by atoms with van der Waals surface area (Å²) in [5, 5.41) is 3.51. The van der Waals surface area contributed by atoms with Crippen LogP contribution in [0.3, 0.4) is 0 Å². The molecule has 0 aromatic heterocycles. The molecule has 2 aromatic rings. The SMILES string of the molecule is Cc1ccc(C(N)=O)c(C2CC2)c1Nc1ccc2c(c1)CC(C)(C)C2=O. The summed E-state index contributed by atoms with van der Waals surface area (Å²) in [6, 6.07) is 9.70. The molecule has 2 aliphatic rings. The number of nitrogens with one attached hydrogen (secondary N) is 1. The van der Waals surface area contributed by atoms with E-state index in [4.69, 9.17) is 5.73 Å². The van der Waals surface area contributed by atoms with Gasteiger partial charge in [-0.1, -0.05) is 19.9 Å². The lowest BCUT2D eigenvalue weighted by atomic mass is 9.89. The summed E-state index contributed by atoms with van der Waals surface area (Å²) in [6.45, 7) is 6.03. The quantitative estimate of drug-likeness (QED) is 0.855. The van der Waals surface area contributed by atoms with Gasteiger partial charge in [-0.2, -0.15) is 0 Å². The van der Waals surface area contributed by atoms with Gasteiger partial charge in [0.25, 0.3) is 0 Å². The highest BCUT2D eigenvalue weighted by Gasteiger charge is 2.37. The largest absolute Gasteiger partial charge is 0.366 e. The van der Waals surface area contributed by atoms with E-state index in [1.165, 1.54) is 0 Å². The van der Waals surface area contributed by atoms with Gasteiger partial charge in [0, 0.05) is 27.9 Å². The van der Waals surface area contributed by atoms with Gasteiger partial charge in [-0.15, -0.1) is 0 Å². The Morgan fingerprint density at radius 2 is 1.92 bits per heavy atom. The van der Waals surface area contributed by atoms with Crippen LogP contribution in [-0.2, 0) is 6.42 Å². The highest BCUT2D eigenvalue weighted by atomic mass is 16.1. The van der Waals surface area contributed by atoms with Crippen molar-refractivity contribution in [1.29, 1.82) is 0 Å². The Balaban J connectivity index is 1.74. The Morgan fingerprint density at radius 3 is 2.58 bits per heavy atom. The van der Waals surface area contributed by atoms with Crippen LogP contribution >= 0.6 is 0 Å². The van der Waals surface area contributed by atoms with E-state index >= 15 is 0 Å². The maximum atomic E-state index is 12.4. The average molecular weight is 348 g/mol. The number of benzene rings is 2. The van der Waals surface area contributed by atoms with Crippen LogP contribution in [0, 0.1) is 12.3 Å². The molecule has 3 N–H and O–H groups in total. The fraction of sp³-hybridized carbons (Fsp3) is 0.364. The van der Waals surface area contributed by atoms with Gasteiger partial charge in [-0.3, -0.25) is 9.59 Å². The Hall–Kier alpha value is -2.62. The molecule has 0 spiro atoms. The lowest BCUT2D eigenvalue weighted by molar-refractivity contribution is 0.0863. The number of hydrogen-bond donors (Lipinski definition) is 2. The van der Waals surface area contributed by atoms with Crippen molar-refractivity contribution >= 4 is 23.1 Å². The summed E-state index contributed by atoms with van der Waals surface area (Å²) in [5.74, 6) is 0.232. The summed E-state index contributed by atoms with van der Waals surface area (Å²) < 4.78 is 0. The fourth-order valence-electron chi connectivity index (χ4n) is 4.01. The van der Waals surface area contributed by atoms with Gasteiger partial charge >= 0.3 is 0 Å². The summed E-state index contributed by atoms with van der Waals surface area (Å²) in [6.07, 6.45) is 2.93. The van der Waals surface area contributed by atoms with Crippen LogP contribution in [0.4, 0.5) is 11.4 Å². The lowest BCUT2D eigenvalue weighted by Gasteiger charge is -2.18. The van der Waals surface area contributed by atoms with E-state index in [9.17, 15) is 9.59 Å². The van der Waals surface area contributed by atoms with Gasteiger partial charge in [0.1, 0.15) is 0 Å². The van der Waals surface area contributed by atoms with Crippen molar-refractivity contribution in [2.75, 3.05) is 5.32 Å². The molecule has 0 heterocycles. The van der Waals surface area contributed by atoms with Gasteiger partial charge in [-0.25, -0.2) is 0 Å². The number of primary amides is 1. The lowest BCUT2D eigenvalue weighted by Crippen LogP contribution is -2.18. The Bertz CT molecular complexity index is 939. The van der Waals surface area contributed by atoms with Gasteiger partial charge in [0.05, 0.1) is 0 Å². The van der Waals surface area contributed by atoms with E-state index in [-0.39, 0.29) is 17.1 Å². The smallest absolute Gasteiger partial charge is 0.249 e. The van der Waals surface area contributed by atoms with Gasteiger partial charge in [-0.05, 0) is 73.1 Å². The number of Topliss-reactive ketones (excluding diaryl/α,β-unsaturated/α-hetero) is 1. The van der Waals surface area contributed by atoms with Crippen molar-refractivity contribution in [3.05, 3.63) is 58.1 Å². The van der Waals surface area contributed by atoms with Crippen molar-refractivity contribution in [2.24, 2.45) is 11.1 Å². The molecule has 0 atom stereocenters. The number of nitrogens with two attached hydrogens (primary N) is 1. The number of fused-ring (bicyclic) bond motifs is 1. The predicted molar refractivity (Wildman–Crippen MR) is 103 cm³/mol. The van der Waals surface area contributed by atoms with E-state index in [1.807, 2.05) is 45.0 Å². The summed E-state index contributed by atoms with van der Waals surface area (Å²) >= 11 is 0. The minimum atomic E-state index is -0.378. The number of amides is 1. The first-order valence-corrected chi connectivity index (χ1v) is 9.16. The number of rotatable bonds is 4. The Morgan fingerprint density at radius 1 is 1.19 bits per heavy atom. The van der Waals surface area contributed by atoms with E-state index in [1.54, 1.807) is 0 Å². The van der Waals surface area contributed by atoms with Crippen LogP contribution in [0.1, 0.15) is 70.0 Å². The van der Waals surface area contributed by atoms with Crippen LogP contribution in [0.5, 0.6) is 0 Å². The molecule has 0 aliphatic heterocycles. The molecule has 4 rings (SSSR count). The molecule has 26 heavy (non-hydrogen) atoms. The second-order valence-electron chi connectivity index (χ2n) is 8.24. The van der Waals surface area contributed by atoms with Crippen molar-refractivity contribution in [2.45, 2.75) is 46.0 Å². The van der Waals surface area contributed by atoms with Gasteiger partial charge < -0.3 is 11.1 Å². The highest BCUT2D eigenvalue weighted by Crippen LogP contribution is 2.47. The Labute approximate surface area is 153 Å². The van der Waals surface area contributed by atoms with Crippen LogP contribution in [-0.4, -0.2) is 11.7 Å². The van der Waals surface area contributed by atoms with Crippen LogP contribution < -0.4 is 11.1 Å². The zero-order valence-electron chi connectivity index (χ0n) is 15.5. The predicted octanol–water partition coefficient (Wildman–Crippen LogP) is 4.48. The molecular weight excluding hydrogens is 324 g/mol. The third-order valence-electron chi connectivity index (χ3n) is 5.57. The molecule has 134 valence electrons. The third kappa shape index (κ3) is 2.70. The molecule has 1 fully saturated rings. The second kappa shape index (κ2) is 5.70. The van der Waals surface area contributed by atoms with Crippen molar-refractivity contribution in [3.63, 3.8) is 0 Å². The third-order valence-corrected chi connectivity index (χ3v) is 5.57. The van der Waals surface area contributed by atoms with Gasteiger partial charge in [0.15, 0.2) is 5.78 Å². The number of carbonyl (C=O) groups is 2. The minimum Gasteiger partial charge on any atom is -0.366 e. The summed E-state index contributed by atoms with van der Waals surface area (Å²) in [4.78, 5) is 24.3. The minimum absolute atomic E-state index is 0.213. The monoisotopic (exact) mass is 348 g/mol. The number of aryl methyl sites for hydroxylation is 1. The second-order valence-corrected chi connectivity index (χ2v) is 8.24. The van der Waals surface area contributed by atoms with Crippen LogP contribution in [0.25, 0.3) is 0 Å². The van der Waals surface area contributed by atoms with E-state index in [0.717, 1.165) is 52.9 Å². The molecular formula is C22H24N2O2. The van der Waals surface area contributed by atoms with Crippen molar-refractivity contribution in [1.82, 2.24) is 0 Å². The summed E-state index contributed by atoms with van der Waals surface area (Å²) in [7, 11) is 0. The topological polar surface area (TPSA) is 72.2 Å². The molecule has 4 heteroatoms. The average Bonchev–Trinajstić information content (AvgIpc) is 3.37. The van der Waals surface area contributed by atoms with Crippen LogP contribution in [0.15, 0.2) is 30.3 Å². The highest BCUT2D eigenvalue weighted by molar-refractivity contribution is 6.05. The molecule has 2 aromatic carbocycles. The Kier molecular flexibility index (Phi) is 3.69. The summed E-state index contributed by atoms with van der Waals surface area (Å²) in [5.41, 5.74) is 11.8. The first kappa shape index (κ1) is 16.8. The van der Waals surface area contributed by atoms with Crippen LogP contribution in [0.2, 0.25) is 0 Å². The zero-order valence-corrected chi connectivity index (χ0v) is 15.5. The fourth-order valence-corrected chi connectivity index (χ4v) is 4.01. The normalized spacial score (nSPS) is 17.9. The van der Waals surface area contributed by atoms with E-state index in [0.29, 0.717) is 11.5 Å². The first-order valence-electron chi connectivity index (χ1n) is 9.16. The zero-order chi connectivity index (χ0) is 18.6. The molecule has 0 unspecified atom stereocenters. The number of carbonyl (C=O) groups excluding carboxylic acids is 2. The molecule has 4 nitrogen and oxygen atoms in total. The number of anilines is 2. The van der Waals surface area contributed by atoms with Crippen molar-refractivity contribution in [3.8, 4) is 0 Å². The molecule has 0 saturated heterocycles. The van der Waals surface area contributed by atoms with E-state index in [2.05, 4.69) is 11.4 Å². The number of hydrogen-bond acceptors (Lipinski definition) is 3. The van der Waals surface area contributed by atoms with E-state index < -0.39 is 0 Å². The maximum absolute atomic E-state index is 12.4. The molecule has 0 radical (unpaired) electrons. The first-order chi connectivity index (χ1) is 12.3.